The third kappa shape index (κ3) is 3.90. The molecule has 0 spiro atoms. The zero-order chi connectivity index (χ0) is 17.0. The number of methoxy groups -OCH3 is 1. The number of hydrogen-bond acceptors (Lipinski definition) is 3. The molecular formula is C19H23NO3. The molecule has 0 aliphatic carbocycles. The fourth-order valence-corrected chi connectivity index (χ4v) is 2.57. The summed E-state index contributed by atoms with van der Waals surface area (Å²) < 4.78 is 5.27. The Labute approximate surface area is 136 Å². The average molecular weight is 313 g/mol. The van der Waals surface area contributed by atoms with Crippen LogP contribution in [0.4, 0.5) is 0 Å². The van der Waals surface area contributed by atoms with Gasteiger partial charge in [-0.1, -0.05) is 37.3 Å². The first-order chi connectivity index (χ1) is 10.9. The van der Waals surface area contributed by atoms with E-state index in [2.05, 4.69) is 13.0 Å². The molecule has 0 aliphatic rings. The summed E-state index contributed by atoms with van der Waals surface area (Å²) in [6.07, 6.45) is 1.21. The van der Waals surface area contributed by atoms with Crippen molar-refractivity contribution in [2.45, 2.75) is 32.2 Å². The number of rotatable bonds is 6. The Kier molecular flexibility index (Phi) is 5.06. The molecule has 122 valence electrons. The van der Waals surface area contributed by atoms with Gasteiger partial charge in [-0.3, -0.25) is 4.79 Å². The summed E-state index contributed by atoms with van der Waals surface area (Å²) in [5.41, 5.74) is 8.94. The second kappa shape index (κ2) is 6.84. The number of nitrogens with two attached hydrogens (primary N) is 1. The summed E-state index contributed by atoms with van der Waals surface area (Å²) in [4.78, 5) is 11.1. The zero-order valence-electron chi connectivity index (χ0n) is 13.8. The molecular weight excluding hydrogens is 290 g/mol. The molecule has 0 amide bonds. The summed E-state index contributed by atoms with van der Waals surface area (Å²) in [7, 11) is 1.66. The van der Waals surface area contributed by atoms with E-state index >= 15 is 0 Å². The molecule has 0 saturated carbocycles. The van der Waals surface area contributed by atoms with Crippen LogP contribution in [0.1, 0.15) is 25.0 Å². The third-order valence-electron chi connectivity index (χ3n) is 4.02. The van der Waals surface area contributed by atoms with E-state index in [1.165, 1.54) is 12.5 Å². The normalized spacial score (nSPS) is 13.4. The van der Waals surface area contributed by atoms with Crippen molar-refractivity contribution >= 4 is 5.97 Å². The predicted molar refractivity (Wildman–Crippen MR) is 91.7 cm³/mol. The van der Waals surface area contributed by atoms with Gasteiger partial charge in [0.15, 0.2) is 0 Å². The summed E-state index contributed by atoms with van der Waals surface area (Å²) in [6.45, 7) is 3.64. The van der Waals surface area contributed by atoms with Crippen molar-refractivity contribution in [1.82, 2.24) is 0 Å². The van der Waals surface area contributed by atoms with Crippen LogP contribution in [-0.2, 0) is 17.6 Å². The van der Waals surface area contributed by atoms with Gasteiger partial charge >= 0.3 is 5.97 Å². The van der Waals surface area contributed by atoms with Gasteiger partial charge in [-0.25, -0.2) is 0 Å². The quantitative estimate of drug-likeness (QED) is 0.858. The van der Waals surface area contributed by atoms with Crippen molar-refractivity contribution in [2.75, 3.05) is 7.11 Å². The summed E-state index contributed by atoms with van der Waals surface area (Å²) in [6, 6.07) is 13.9. The summed E-state index contributed by atoms with van der Waals surface area (Å²) in [5.74, 6) is -0.146. The highest BCUT2D eigenvalue weighted by molar-refractivity contribution is 5.78. The molecule has 2 rings (SSSR count). The average Bonchev–Trinajstić information content (AvgIpc) is 2.54. The van der Waals surface area contributed by atoms with Crippen LogP contribution in [-0.4, -0.2) is 23.7 Å². The number of aryl methyl sites for hydroxylation is 1. The van der Waals surface area contributed by atoms with E-state index in [9.17, 15) is 4.79 Å². The Hall–Kier alpha value is -2.33. The van der Waals surface area contributed by atoms with Crippen LogP contribution in [0.25, 0.3) is 11.1 Å². The van der Waals surface area contributed by atoms with E-state index in [4.69, 9.17) is 15.6 Å². The van der Waals surface area contributed by atoms with Crippen molar-refractivity contribution < 1.29 is 14.6 Å². The number of hydrogen-bond donors (Lipinski definition) is 2. The van der Waals surface area contributed by atoms with E-state index in [0.717, 1.165) is 28.9 Å². The second-order valence-electron chi connectivity index (χ2n) is 5.97. The SMILES string of the molecule is CCc1cc(OC)ccc1-c1ccc(CC(C)(N)C(=O)O)cc1. The predicted octanol–water partition coefficient (Wildman–Crippen LogP) is 3.27. The lowest BCUT2D eigenvalue weighted by atomic mass is 9.92. The molecule has 4 heteroatoms. The highest BCUT2D eigenvalue weighted by atomic mass is 16.5. The van der Waals surface area contributed by atoms with Crippen LogP contribution >= 0.6 is 0 Å². The molecule has 0 saturated heterocycles. The minimum absolute atomic E-state index is 0.297. The monoisotopic (exact) mass is 313 g/mol. The lowest BCUT2D eigenvalue weighted by molar-refractivity contribution is -0.142. The van der Waals surface area contributed by atoms with E-state index in [1.807, 2.05) is 36.4 Å². The standard InChI is InChI=1S/C19H23NO3/c1-4-14-11-16(23-3)9-10-17(14)15-7-5-13(6-8-15)12-19(2,20)18(21)22/h5-11H,4,12,20H2,1-3H3,(H,21,22). The Morgan fingerprint density at radius 1 is 1.22 bits per heavy atom. The molecule has 0 aliphatic heterocycles. The molecule has 0 bridgehead atoms. The maximum Gasteiger partial charge on any atom is 0.323 e. The highest BCUT2D eigenvalue weighted by Gasteiger charge is 2.27. The van der Waals surface area contributed by atoms with Crippen LogP contribution in [0, 0.1) is 0 Å². The van der Waals surface area contributed by atoms with Gasteiger partial charge < -0.3 is 15.6 Å². The van der Waals surface area contributed by atoms with E-state index in [0.29, 0.717) is 6.42 Å². The number of carbonyl (C=O) groups is 1. The van der Waals surface area contributed by atoms with Gasteiger partial charge in [0, 0.05) is 6.42 Å². The van der Waals surface area contributed by atoms with Crippen LogP contribution < -0.4 is 10.5 Å². The van der Waals surface area contributed by atoms with Crippen molar-refractivity contribution in [2.24, 2.45) is 5.73 Å². The largest absolute Gasteiger partial charge is 0.497 e. The first-order valence-electron chi connectivity index (χ1n) is 7.66. The first kappa shape index (κ1) is 17.0. The van der Waals surface area contributed by atoms with E-state index in [1.54, 1.807) is 7.11 Å². The second-order valence-corrected chi connectivity index (χ2v) is 5.97. The van der Waals surface area contributed by atoms with Gasteiger partial charge in [-0.05, 0) is 47.7 Å². The van der Waals surface area contributed by atoms with Crippen molar-refractivity contribution in [3.63, 3.8) is 0 Å². The molecule has 23 heavy (non-hydrogen) atoms. The number of benzene rings is 2. The van der Waals surface area contributed by atoms with Gasteiger partial charge in [-0.15, -0.1) is 0 Å². The smallest absolute Gasteiger partial charge is 0.323 e. The topological polar surface area (TPSA) is 72.5 Å². The fourth-order valence-electron chi connectivity index (χ4n) is 2.57. The molecule has 3 N–H and O–H groups in total. The van der Waals surface area contributed by atoms with Gasteiger partial charge in [-0.2, -0.15) is 0 Å². The Bertz CT molecular complexity index is 690. The van der Waals surface area contributed by atoms with Crippen molar-refractivity contribution in [1.29, 1.82) is 0 Å². The number of carboxylic acids is 1. The first-order valence-corrected chi connectivity index (χ1v) is 7.66. The molecule has 0 fully saturated rings. The number of carboxylic acid groups (broad SMARTS) is 1. The van der Waals surface area contributed by atoms with Gasteiger partial charge in [0.25, 0.3) is 0 Å². The molecule has 2 aromatic rings. The molecule has 0 aromatic heterocycles. The lowest BCUT2D eigenvalue weighted by Crippen LogP contribution is -2.46. The molecule has 1 atom stereocenters. The minimum Gasteiger partial charge on any atom is -0.497 e. The maximum absolute atomic E-state index is 11.1. The van der Waals surface area contributed by atoms with Crippen LogP contribution in [0.15, 0.2) is 42.5 Å². The Morgan fingerprint density at radius 2 is 1.87 bits per heavy atom. The zero-order valence-corrected chi connectivity index (χ0v) is 13.8. The van der Waals surface area contributed by atoms with Crippen LogP contribution in [0.5, 0.6) is 5.75 Å². The summed E-state index contributed by atoms with van der Waals surface area (Å²) in [5, 5.41) is 9.12. The summed E-state index contributed by atoms with van der Waals surface area (Å²) >= 11 is 0. The number of ether oxygens (including phenoxy) is 1. The van der Waals surface area contributed by atoms with E-state index in [-0.39, 0.29) is 0 Å². The van der Waals surface area contributed by atoms with Crippen LogP contribution in [0.2, 0.25) is 0 Å². The van der Waals surface area contributed by atoms with Gasteiger partial charge in [0.2, 0.25) is 0 Å². The van der Waals surface area contributed by atoms with Crippen molar-refractivity contribution in [3.05, 3.63) is 53.6 Å². The molecule has 2 aromatic carbocycles. The third-order valence-corrected chi connectivity index (χ3v) is 4.02. The van der Waals surface area contributed by atoms with Gasteiger partial charge in [0.05, 0.1) is 7.11 Å². The Balaban J connectivity index is 2.28. The van der Waals surface area contributed by atoms with Crippen LogP contribution in [0.3, 0.4) is 0 Å². The molecule has 0 heterocycles. The molecule has 1 unspecified atom stereocenters. The maximum atomic E-state index is 11.1. The fraction of sp³-hybridized carbons (Fsp3) is 0.316. The lowest BCUT2D eigenvalue weighted by Gasteiger charge is -2.19. The van der Waals surface area contributed by atoms with E-state index < -0.39 is 11.5 Å². The number of aliphatic carboxylic acids is 1. The van der Waals surface area contributed by atoms with Gasteiger partial charge in [0.1, 0.15) is 11.3 Å². The Morgan fingerprint density at radius 3 is 2.39 bits per heavy atom. The molecule has 4 nitrogen and oxygen atoms in total. The highest BCUT2D eigenvalue weighted by Crippen LogP contribution is 2.28. The minimum atomic E-state index is -1.25. The molecule has 0 radical (unpaired) electrons. The van der Waals surface area contributed by atoms with Crippen molar-refractivity contribution in [3.8, 4) is 16.9 Å².